The lowest BCUT2D eigenvalue weighted by Gasteiger charge is -2.21. The van der Waals surface area contributed by atoms with Crippen LogP contribution in [0.4, 0.5) is 5.82 Å². The second-order valence-electron chi connectivity index (χ2n) is 5.62. The quantitative estimate of drug-likeness (QED) is 0.827. The van der Waals surface area contributed by atoms with Crippen molar-refractivity contribution >= 4 is 11.7 Å². The fraction of sp³-hybridized carbons (Fsp3) is 0.571. The number of nitrogens with zero attached hydrogens (tertiary/aromatic N) is 1. The largest absolute Gasteiger partial charge is 0.477 e. The average molecular weight is 266 g/mol. The Morgan fingerprint density at radius 1 is 1.47 bits per heavy atom. The van der Waals surface area contributed by atoms with Gasteiger partial charge in [0.05, 0.1) is 13.2 Å². The zero-order valence-electron chi connectivity index (χ0n) is 11.9. The Balaban J connectivity index is 2.65. The van der Waals surface area contributed by atoms with Crippen molar-refractivity contribution in [1.82, 2.24) is 4.98 Å². The summed E-state index contributed by atoms with van der Waals surface area (Å²) in [7, 11) is 0. The van der Waals surface area contributed by atoms with Gasteiger partial charge in [-0.05, 0) is 6.07 Å². The molecule has 0 bridgehead atoms. The molecule has 2 N–H and O–H groups in total. The Kier molecular flexibility index (Phi) is 5.30. The lowest BCUT2D eigenvalue weighted by atomic mass is 9.97. The van der Waals surface area contributed by atoms with Gasteiger partial charge in [0.1, 0.15) is 5.82 Å². The minimum atomic E-state index is -0.321. The van der Waals surface area contributed by atoms with Crippen LogP contribution in [0.1, 0.15) is 27.7 Å². The summed E-state index contributed by atoms with van der Waals surface area (Å²) < 4.78 is 5.52. The number of hydrogen-bond donors (Lipinski definition) is 2. The van der Waals surface area contributed by atoms with Gasteiger partial charge in [-0.1, -0.05) is 33.8 Å². The summed E-state index contributed by atoms with van der Waals surface area (Å²) in [6, 6.07) is 5.20. The first-order chi connectivity index (χ1) is 8.84. The van der Waals surface area contributed by atoms with E-state index in [0.29, 0.717) is 18.3 Å². The Morgan fingerprint density at radius 2 is 2.16 bits per heavy atom. The van der Waals surface area contributed by atoms with Crippen LogP contribution in [-0.4, -0.2) is 29.2 Å². The van der Waals surface area contributed by atoms with E-state index in [9.17, 15) is 4.79 Å². The van der Waals surface area contributed by atoms with Crippen molar-refractivity contribution in [3.05, 3.63) is 18.2 Å². The van der Waals surface area contributed by atoms with Crippen LogP contribution in [0.25, 0.3) is 0 Å². The number of pyridine rings is 1. The predicted molar refractivity (Wildman–Crippen MR) is 74.1 cm³/mol. The molecule has 0 aliphatic heterocycles. The molecule has 1 heterocycles. The Hall–Kier alpha value is -1.62. The molecule has 0 saturated heterocycles. The van der Waals surface area contributed by atoms with E-state index in [-0.39, 0.29) is 23.8 Å². The summed E-state index contributed by atoms with van der Waals surface area (Å²) in [6.45, 7) is 7.84. The van der Waals surface area contributed by atoms with Crippen molar-refractivity contribution < 1.29 is 14.6 Å². The molecule has 0 aromatic carbocycles. The molecule has 19 heavy (non-hydrogen) atoms. The minimum Gasteiger partial charge on any atom is -0.477 e. The van der Waals surface area contributed by atoms with Crippen LogP contribution in [-0.2, 0) is 4.79 Å². The van der Waals surface area contributed by atoms with Crippen LogP contribution in [0, 0.1) is 11.3 Å². The zero-order valence-corrected chi connectivity index (χ0v) is 11.9. The number of hydrogen-bond acceptors (Lipinski definition) is 4. The molecule has 5 nitrogen and oxygen atoms in total. The smallest absolute Gasteiger partial charge is 0.228 e. The number of carbonyl (C=O) groups excluding carboxylic acids is 1. The van der Waals surface area contributed by atoms with Crippen molar-refractivity contribution in [2.24, 2.45) is 11.3 Å². The number of aliphatic hydroxyl groups excluding tert-OH is 1. The molecule has 0 saturated carbocycles. The normalized spacial score (nSPS) is 11.5. The lowest BCUT2D eigenvalue weighted by Crippen LogP contribution is -2.25. The van der Waals surface area contributed by atoms with Gasteiger partial charge in [-0.15, -0.1) is 0 Å². The zero-order chi connectivity index (χ0) is 14.5. The minimum absolute atomic E-state index is 0.0385. The summed E-state index contributed by atoms with van der Waals surface area (Å²) in [5.74, 6) is 0.723. The number of carbonyl (C=O) groups is 1. The second kappa shape index (κ2) is 6.52. The van der Waals surface area contributed by atoms with E-state index in [4.69, 9.17) is 9.84 Å². The molecule has 1 aromatic heterocycles. The number of aromatic nitrogens is 1. The Morgan fingerprint density at radius 3 is 2.74 bits per heavy atom. The standard InChI is InChI=1S/C14H22N2O3/c1-10(2)13(18)16-11-6-5-7-12(15-11)19-9-14(3,4)8-17/h5-7,10,17H,8-9H2,1-4H3,(H,15,16,18). The molecule has 0 atom stereocenters. The third-order valence-corrected chi connectivity index (χ3v) is 2.54. The van der Waals surface area contributed by atoms with E-state index >= 15 is 0 Å². The SMILES string of the molecule is CC(C)C(=O)Nc1cccc(OCC(C)(C)CO)n1. The van der Waals surface area contributed by atoms with Crippen LogP contribution in [0.5, 0.6) is 5.88 Å². The Labute approximate surface area is 114 Å². The van der Waals surface area contributed by atoms with Gasteiger partial charge < -0.3 is 15.2 Å². The highest BCUT2D eigenvalue weighted by molar-refractivity contribution is 5.91. The van der Waals surface area contributed by atoms with Crippen LogP contribution in [0.2, 0.25) is 0 Å². The highest BCUT2D eigenvalue weighted by atomic mass is 16.5. The van der Waals surface area contributed by atoms with Crippen LogP contribution >= 0.6 is 0 Å². The maximum Gasteiger partial charge on any atom is 0.228 e. The highest BCUT2D eigenvalue weighted by Gasteiger charge is 2.18. The van der Waals surface area contributed by atoms with Crippen molar-refractivity contribution in [1.29, 1.82) is 0 Å². The van der Waals surface area contributed by atoms with Gasteiger partial charge in [-0.2, -0.15) is 4.98 Å². The molecule has 0 aliphatic rings. The number of amides is 1. The van der Waals surface area contributed by atoms with Crippen molar-refractivity contribution in [2.45, 2.75) is 27.7 Å². The van der Waals surface area contributed by atoms with Crippen molar-refractivity contribution in [3.63, 3.8) is 0 Å². The average Bonchev–Trinajstić information content (AvgIpc) is 2.37. The summed E-state index contributed by atoms with van der Waals surface area (Å²) in [4.78, 5) is 15.8. The Bertz CT molecular complexity index is 430. The van der Waals surface area contributed by atoms with Crippen LogP contribution < -0.4 is 10.1 Å². The number of rotatable bonds is 6. The first-order valence-corrected chi connectivity index (χ1v) is 6.35. The molecule has 0 radical (unpaired) electrons. The highest BCUT2D eigenvalue weighted by Crippen LogP contribution is 2.18. The number of ether oxygens (including phenoxy) is 1. The molecule has 106 valence electrons. The first kappa shape index (κ1) is 15.4. The maximum absolute atomic E-state index is 11.6. The molecule has 0 fully saturated rings. The van der Waals surface area contributed by atoms with E-state index in [0.717, 1.165) is 0 Å². The summed E-state index contributed by atoms with van der Waals surface area (Å²) >= 11 is 0. The van der Waals surface area contributed by atoms with E-state index in [2.05, 4.69) is 10.3 Å². The van der Waals surface area contributed by atoms with E-state index < -0.39 is 0 Å². The summed E-state index contributed by atoms with van der Waals surface area (Å²) in [5, 5.41) is 11.9. The van der Waals surface area contributed by atoms with Gasteiger partial charge in [0.2, 0.25) is 11.8 Å². The van der Waals surface area contributed by atoms with Gasteiger partial charge in [-0.25, -0.2) is 0 Å². The fourth-order valence-electron chi connectivity index (χ4n) is 1.15. The number of aliphatic hydroxyl groups is 1. The fourth-order valence-corrected chi connectivity index (χ4v) is 1.15. The molecule has 0 spiro atoms. The van der Waals surface area contributed by atoms with E-state index in [1.807, 2.05) is 27.7 Å². The van der Waals surface area contributed by atoms with Gasteiger partial charge in [0, 0.05) is 17.4 Å². The third-order valence-electron chi connectivity index (χ3n) is 2.54. The van der Waals surface area contributed by atoms with Gasteiger partial charge in [0.15, 0.2) is 0 Å². The maximum atomic E-state index is 11.6. The summed E-state index contributed by atoms with van der Waals surface area (Å²) in [6.07, 6.45) is 0. The number of anilines is 1. The van der Waals surface area contributed by atoms with Crippen molar-refractivity contribution in [3.8, 4) is 5.88 Å². The molecule has 0 unspecified atom stereocenters. The van der Waals surface area contributed by atoms with E-state index in [1.54, 1.807) is 18.2 Å². The molecule has 1 rings (SSSR count). The molecule has 5 heteroatoms. The molecule has 0 aliphatic carbocycles. The monoisotopic (exact) mass is 266 g/mol. The topological polar surface area (TPSA) is 71.5 Å². The van der Waals surface area contributed by atoms with Gasteiger partial charge in [0.25, 0.3) is 0 Å². The second-order valence-corrected chi connectivity index (χ2v) is 5.62. The molecular formula is C14H22N2O3. The lowest BCUT2D eigenvalue weighted by molar-refractivity contribution is -0.118. The van der Waals surface area contributed by atoms with Gasteiger partial charge >= 0.3 is 0 Å². The third kappa shape index (κ3) is 5.26. The van der Waals surface area contributed by atoms with Gasteiger partial charge in [-0.3, -0.25) is 4.79 Å². The molecular weight excluding hydrogens is 244 g/mol. The first-order valence-electron chi connectivity index (χ1n) is 6.35. The van der Waals surface area contributed by atoms with Crippen LogP contribution in [0.3, 0.4) is 0 Å². The number of nitrogens with one attached hydrogen (secondary N) is 1. The summed E-state index contributed by atoms with van der Waals surface area (Å²) in [5.41, 5.74) is -0.321. The van der Waals surface area contributed by atoms with E-state index in [1.165, 1.54) is 0 Å². The molecule has 1 aromatic rings. The van der Waals surface area contributed by atoms with Crippen LogP contribution in [0.15, 0.2) is 18.2 Å². The molecule has 1 amide bonds. The van der Waals surface area contributed by atoms with Crippen molar-refractivity contribution in [2.75, 3.05) is 18.5 Å². The predicted octanol–water partition coefficient (Wildman–Crippen LogP) is 2.07.